The molecular formula is C23H24F3NO4. The fourth-order valence-corrected chi connectivity index (χ4v) is 3.27. The van der Waals surface area contributed by atoms with Crippen molar-refractivity contribution in [2.24, 2.45) is 0 Å². The minimum Gasteiger partial charge on any atom is -0.497 e. The molecule has 0 bridgehead atoms. The summed E-state index contributed by atoms with van der Waals surface area (Å²) in [6.07, 6.45) is -4.39. The third-order valence-electron chi connectivity index (χ3n) is 4.84. The van der Waals surface area contributed by atoms with E-state index in [9.17, 15) is 18.3 Å². The van der Waals surface area contributed by atoms with Crippen LogP contribution in [0.4, 0.5) is 13.2 Å². The fraction of sp³-hybridized carbons (Fsp3) is 0.304. The Morgan fingerprint density at radius 1 is 0.935 bits per heavy atom. The Morgan fingerprint density at radius 2 is 1.55 bits per heavy atom. The Labute approximate surface area is 178 Å². The molecular weight excluding hydrogens is 411 g/mol. The summed E-state index contributed by atoms with van der Waals surface area (Å²) in [5.41, 5.74) is 1.34. The second kappa shape index (κ2) is 9.45. The molecule has 0 aliphatic heterocycles. The van der Waals surface area contributed by atoms with Crippen LogP contribution in [0.3, 0.4) is 0 Å². The van der Waals surface area contributed by atoms with Crippen LogP contribution in [0.1, 0.15) is 22.5 Å². The van der Waals surface area contributed by atoms with Gasteiger partial charge in [0.2, 0.25) is 0 Å². The molecule has 0 saturated carbocycles. The number of furan rings is 1. The third kappa shape index (κ3) is 5.59. The van der Waals surface area contributed by atoms with Crippen molar-refractivity contribution in [2.75, 3.05) is 21.3 Å². The summed E-state index contributed by atoms with van der Waals surface area (Å²) in [4.78, 5) is 1.99. The van der Waals surface area contributed by atoms with Crippen LogP contribution in [0.25, 0.3) is 11.3 Å². The molecule has 8 heteroatoms. The van der Waals surface area contributed by atoms with E-state index in [1.54, 1.807) is 26.4 Å². The maximum absolute atomic E-state index is 12.8. The maximum atomic E-state index is 12.8. The quantitative estimate of drug-likeness (QED) is 0.533. The normalized spacial score (nSPS) is 11.7. The van der Waals surface area contributed by atoms with Gasteiger partial charge in [0.25, 0.3) is 0 Å². The molecule has 0 aliphatic rings. The predicted molar refractivity (Wildman–Crippen MR) is 110 cm³/mol. The lowest BCUT2D eigenvalue weighted by atomic mass is 10.1. The van der Waals surface area contributed by atoms with Crippen LogP contribution in [-0.4, -0.2) is 31.3 Å². The molecule has 1 heterocycles. The van der Waals surface area contributed by atoms with E-state index in [1.165, 1.54) is 12.1 Å². The molecule has 1 aromatic heterocycles. The molecule has 166 valence electrons. The number of halogens is 3. The van der Waals surface area contributed by atoms with Gasteiger partial charge in [-0.15, -0.1) is 0 Å². The first kappa shape index (κ1) is 22.7. The molecule has 3 rings (SSSR count). The van der Waals surface area contributed by atoms with Gasteiger partial charge in [0.15, 0.2) is 0 Å². The highest BCUT2D eigenvalue weighted by Crippen LogP contribution is 2.32. The average Bonchev–Trinajstić information content (AvgIpc) is 3.15. The number of ether oxygens (including phenoxy) is 2. The Bertz CT molecular complexity index is 990. The number of methoxy groups -OCH3 is 2. The first-order valence-electron chi connectivity index (χ1n) is 9.54. The van der Waals surface area contributed by atoms with E-state index in [4.69, 9.17) is 13.9 Å². The van der Waals surface area contributed by atoms with Crippen LogP contribution in [0, 0.1) is 0 Å². The minimum absolute atomic E-state index is 0.236. The fourth-order valence-electron chi connectivity index (χ4n) is 3.27. The molecule has 3 aromatic rings. The molecule has 0 atom stereocenters. The van der Waals surface area contributed by atoms with Crippen LogP contribution in [0.5, 0.6) is 11.5 Å². The Morgan fingerprint density at radius 3 is 2.06 bits per heavy atom. The lowest BCUT2D eigenvalue weighted by molar-refractivity contribution is -0.137. The topological polar surface area (TPSA) is 55.1 Å². The van der Waals surface area contributed by atoms with Gasteiger partial charge in [0, 0.05) is 23.7 Å². The molecule has 0 fully saturated rings. The second-order valence-electron chi connectivity index (χ2n) is 7.19. The van der Waals surface area contributed by atoms with Gasteiger partial charge < -0.3 is 19.0 Å². The third-order valence-corrected chi connectivity index (χ3v) is 4.84. The van der Waals surface area contributed by atoms with Crippen molar-refractivity contribution in [3.63, 3.8) is 0 Å². The van der Waals surface area contributed by atoms with Crippen LogP contribution < -0.4 is 9.47 Å². The molecule has 0 aliphatic carbocycles. The van der Waals surface area contributed by atoms with Crippen LogP contribution in [0.2, 0.25) is 0 Å². The summed E-state index contributed by atoms with van der Waals surface area (Å²) < 4.78 is 54.8. The van der Waals surface area contributed by atoms with Crippen LogP contribution in [-0.2, 0) is 25.9 Å². The molecule has 0 radical (unpaired) electrons. The summed E-state index contributed by atoms with van der Waals surface area (Å²) in [6.45, 7) is 0.727. The zero-order chi connectivity index (χ0) is 22.6. The molecule has 0 spiro atoms. The largest absolute Gasteiger partial charge is 0.497 e. The molecule has 31 heavy (non-hydrogen) atoms. The summed E-state index contributed by atoms with van der Waals surface area (Å²) in [5.74, 6) is 2.32. The van der Waals surface area contributed by atoms with Crippen LogP contribution >= 0.6 is 0 Å². The van der Waals surface area contributed by atoms with E-state index in [-0.39, 0.29) is 6.61 Å². The maximum Gasteiger partial charge on any atom is 0.416 e. The number of aliphatic hydroxyl groups excluding tert-OH is 1. The number of hydrogen-bond acceptors (Lipinski definition) is 5. The predicted octanol–water partition coefficient (Wildman–Crippen LogP) is 5.11. The SMILES string of the molecule is COc1cc(CN(C)Cc2oc(-c3ccc(C(F)(F)F)cc3)cc2CO)cc(OC)c1. The molecule has 1 N–H and O–H groups in total. The highest BCUT2D eigenvalue weighted by molar-refractivity contribution is 5.59. The summed E-state index contributed by atoms with van der Waals surface area (Å²) in [7, 11) is 5.07. The van der Waals surface area contributed by atoms with Gasteiger partial charge in [-0.05, 0) is 42.9 Å². The van der Waals surface area contributed by atoms with Crippen molar-refractivity contribution in [1.29, 1.82) is 0 Å². The highest BCUT2D eigenvalue weighted by Gasteiger charge is 2.30. The molecule has 0 unspecified atom stereocenters. The van der Waals surface area contributed by atoms with Crippen molar-refractivity contribution in [3.05, 3.63) is 71.0 Å². The van der Waals surface area contributed by atoms with Crippen molar-refractivity contribution in [1.82, 2.24) is 4.90 Å². The van der Waals surface area contributed by atoms with Gasteiger partial charge in [-0.25, -0.2) is 0 Å². The Hall–Kier alpha value is -2.97. The highest BCUT2D eigenvalue weighted by atomic mass is 19.4. The first-order chi connectivity index (χ1) is 14.7. The summed E-state index contributed by atoms with van der Waals surface area (Å²) >= 11 is 0. The second-order valence-corrected chi connectivity index (χ2v) is 7.19. The van der Waals surface area contributed by atoms with Crippen molar-refractivity contribution in [2.45, 2.75) is 25.9 Å². The number of alkyl halides is 3. The van der Waals surface area contributed by atoms with Crippen LogP contribution in [0.15, 0.2) is 52.9 Å². The molecule has 2 aromatic carbocycles. The number of rotatable bonds is 8. The molecule has 0 amide bonds. The monoisotopic (exact) mass is 435 g/mol. The number of nitrogens with zero attached hydrogens (tertiary/aromatic N) is 1. The van der Waals surface area contributed by atoms with E-state index in [1.807, 2.05) is 24.1 Å². The van der Waals surface area contributed by atoms with Gasteiger partial charge in [0.1, 0.15) is 23.0 Å². The van der Waals surface area contributed by atoms with Crippen molar-refractivity contribution in [3.8, 4) is 22.8 Å². The minimum atomic E-state index is -4.39. The van der Waals surface area contributed by atoms with Gasteiger partial charge in [-0.1, -0.05) is 12.1 Å². The Balaban J connectivity index is 1.77. The van der Waals surface area contributed by atoms with E-state index < -0.39 is 11.7 Å². The van der Waals surface area contributed by atoms with Crippen molar-refractivity contribution < 1.29 is 32.2 Å². The van der Waals surface area contributed by atoms with E-state index >= 15 is 0 Å². The van der Waals surface area contributed by atoms with E-state index in [2.05, 4.69) is 0 Å². The van der Waals surface area contributed by atoms with E-state index in [0.29, 0.717) is 47.2 Å². The standard InChI is InChI=1S/C23H24F3NO4/c1-27(12-15-8-19(29-2)11-20(9-15)30-3)13-22-17(14-28)10-21(31-22)16-4-6-18(7-5-16)23(24,25)26/h4-11,28H,12-14H2,1-3H3. The lowest BCUT2D eigenvalue weighted by Crippen LogP contribution is -2.17. The summed E-state index contributed by atoms with van der Waals surface area (Å²) in [6, 6.07) is 12.0. The van der Waals surface area contributed by atoms with Gasteiger partial charge in [0.05, 0.1) is 32.9 Å². The molecule has 5 nitrogen and oxygen atoms in total. The smallest absolute Gasteiger partial charge is 0.416 e. The zero-order valence-electron chi connectivity index (χ0n) is 17.5. The average molecular weight is 435 g/mol. The van der Waals surface area contributed by atoms with Gasteiger partial charge in [-0.3, -0.25) is 4.90 Å². The number of benzene rings is 2. The number of hydrogen-bond donors (Lipinski definition) is 1. The number of aliphatic hydroxyl groups is 1. The van der Waals surface area contributed by atoms with Crippen molar-refractivity contribution >= 4 is 0 Å². The molecule has 0 saturated heterocycles. The van der Waals surface area contributed by atoms with Gasteiger partial charge in [-0.2, -0.15) is 13.2 Å². The Kier molecular flexibility index (Phi) is 6.92. The first-order valence-corrected chi connectivity index (χ1v) is 9.54. The summed E-state index contributed by atoms with van der Waals surface area (Å²) in [5, 5.41) is 9.71. The lowest BCUT2D eigenvalue weighted by Gasteiger charge is -2.17. The zero-order valence-corrected chi connectivity index (χ0v) is 17.5. The van der Waals surface area contributed by atoms with Gasteiger partial charge >= 0.3 is 6.18 Å². The van der Waals surface area contributed by atoms with E-state index in [0.717, 1.165) is 17.7 Å².